The Morgan fingerprint density at radius 2 is 0.711 bits per heavy atom. The Kier molecular flexibility index (Phi) is 5.55. The Morgan fingerprint density at radius 1 is 0.368 bits per heavy atom. The quantitative estimate of drug-likeness (QED) is 0.247. The fourth-order valence-corrected chi connectivity index (χ4v) is 6.26. The summed E-state index contributed by atoms with van der Waals surface area (Å²) in [5.41, 5.74) is 16.2. The molecule has 0 unspecified atom stereocenters. The molecule has 2 nitrogen and oxygen atoms in total. The number of fused-ring (bicyclic) bond motifs is 6. The molecular formula is C36H32N2. The fraction of sp³-hybridized carbons (Fsp3) is 0.167. The molecule has 0 bridgehead atoms. The van der Waals surface area contributed by atoms with E-state index in [1.807, 2.05) is 0 Å². The van der Waals surface area contributed by atoms with Crippen molar-refractivity contribution in [3.05, 3.63) is 131 Å². The van der Waals surface area contributed by atoms with Crippen LogP contribution in [0.3, 0.4) is 0 Å². The van der Waals surface area contributed by atoms with Crippen LogP contribution in [0.15, 0.2) is 109 Å². The fourth-order valence-electron chi connectivity index (χ4n) is 6.26. The summed E-state index contributed by atoms with van der Waals surface area (Å²) in [6, 6.07) is 40.4. The first-order valence-corrected chi connectivity index (χ1v) is 13.7. The van der Waals surface area contributed by atoms with E-state index in [-0.39, 0.29) is 0 Å². The predicted molar refractivity (Wildman–Crippen MR) is 161 cm³/mol. The lowest BCUT2D eigenvalue weighted by atomic mass is 9.85. The first-order chi connectivity index (χ1) is 18.7. The van der Waals surface area contributed by atoms with Crippen LogP contribution in [0.1, 0.15) is 22.3 Å². The van der Waals surface area contributed by atoms with Gasteiger partial charge in [0.05, 0.1) is 0 Å². The molecule has 2 heteroatoms. The van der Waals surface area contributed by atoms with Crippen LogP contribution in [0.5, 0.6) is 0 Å². The molecule has 0 saturated carbocycles. The number of hydrogen-bond acceptors (Lipinski definition) is 2. The molecule has 0 saturated heterocycles. The summed E-state index contributed by atoms with van der Waals surface area (Å²) >= 11 is 0. The molecule has 0 fully saturated rings. The number of hydrogen-bond donors (Lipinski definition) is 0. The molecule has 38 heavy (non-hydrogen) atoms. The summed E-state index contributed by atoms with van der Waals surface area (Å²) in [5.74, 6) is 0. The van der Waals surface area contributed by atoms with Gasteiger partial charge in [-0.3, -0.25) is 0 Å². The summed E-state index contributed by atoms with van der Waals surface area (Å²) in [7, 11) is 4.33. The standard InChI is InChI=1S/C36H32N2/c1-37(31-19-21-35-27(23-31)13-11-25-7-3-5-9-33(25)35)29-15-17-30(18-16-29)38(2)32-20-22-36-28(24-32)14-12-26-8-4-6-10-34(26)36/h3-10,15-24H,11-14H2,1-2H3. The third-order valence-corrected chi connectivity index (χ3v) is 8.52. The smallest absolute Gasteiger partial charge is 0.0411 e. The lowest BCUT2D eigenvalue weighted by Gasteiger charge is -2.26. The van der Waals surface area contributed by atoms with Gasteiger partial charge in [0.25, 0.3) is 0 Å². The molecule has 0 spiro atoms. The van der Waals surface area contributed by atoms with Gasteiger partial charge in [0, 0.05) is 36.8 Å². The lowest BCUT2D eigenvalue weighted by Crippen LogP contribution is -2.13. The highest BCUT2D eigenvalue weighted by Gasteiger charge is 2.18. The van der Waals surface area contributed by atoms with Crippen LogP contribution < -0.4 is 9.80 Å². The molecule has 0 radical (unpaired) electrons. The molecule has 0 aromatic heterocycles. The van der Waals surface area contributed by atoms with Crippen molar-refractivity contribution in [3.8, 4) is 22.3 Å². The second-order valence-electron chi connectivity index (χ2n) is 10.6. The largest absolute Gasteiger partial charge is 0.345 e. The van der Waals surface area contributed by atoms with E-state index in [0.29, 0.717) is 0 Å². The minimum Gasteiger partial charge on any atom is -0.345 e. The SMILES string of the molecule is CN(c1ccc(N(C)c2ccc3c(c2)CCc2ccccc2-3)cc1)c1ccc2c(c1)CCc1ccccc1-2. The Morgan fingerprint density at radius 3 is 1.16 bits per heavy atom. The van der Waals surface area contributed by atoms with Crippen molar-refractivity contribution in [1.82, 2.24) is 0 Å². The van der Waals surface area contributed by atoms with Gasteiger partial charge in [-0.15, -0.1) is 0 Å². The molecular weight excluding hydrogens is 460 g/mol. The third kappa shape index (κ3) is 3.88. The first kappa shape index (κ1) is 22.9. The number of anilines is 4. The Labute approximate surface area is 225 Å². The topological polar surface area (TPSA) is 6.48 Å². The molecule has 2 aliphatic rings. The summed E-state index contributed by atoms with van der Waals surface area (Å²) in [5, 5.41) is 0. The van der Waals surface area contributed by atoms with Crippen LogP contribution in [0.4, 0.5) is 22.7 Å². The normalized spacial score (nSPS) is 13.1. The van der Waals surface area contributed by atoms with Crippen LogP contribution in [0, 0.1) is 0 Å². The van der Waals surface area contributed by atoms with E-state index < -0.39 is 0 Å². The Balaban J connectivity index is 1.12. The molecule has 0 amide bonds. The minimum absolute atomic E-state index is 1.10. The van der Waals surface area contributed by atoms with E-state index >= 15 is 0 Å². The van der Waals surface area contributed by atoms with E-state index in [0.717, 1.165) is 25.7 Å². The number of rotatable bonds is 4. The monoisotopic (exact) mass is 492 g/mol. The summed E-state index contributed by atoms with van der Waals surface area (Å²) < 4.78 is 0. The zero-order valence-corrected chi connectivity index (χ0v) is 22.1. The van der Waals surface area contributed by atoms with Crippen LogP contribution >= 0.6 is 0 Å². The second kappa shape index (κ2) is 9.22. The highest BCUT2D eigenvalue weighted by Crippen LogP contribution is 2.38. The van der Waals surface area contributed by atoms with Gasteiger partial charge in [0.15, 0.2) is 0 Å². The first-order valence-electron chi connectivity index (χ1n) is 13.7. The van der Waals surface area contributed by atoms with Crippen molar-refractivity contribution < 1.29 is 0 Å². The van der Waals surface area contributed by atoms with Gasteiger partial charge in [0.2, 0.25) is 0 Å². The van der Waals surface area contributed by atoms with Gasteiger partial charge < -0.3 is 9.80 Å². The van der Waals surface area contributed by atoms with E-state index in [1.54, 1.807) is 0 Å². The van der Waals surface area contributed by atoms with Crippen molar-refractivity contribution in [2.45, 2.75) is 25.7 Å². The van der Waals surface area contributed by atoms with Crippen molar-refractivity contribution in [3.63, 3.8) is 0 Å². The van der Waals surface area contributed by atoms with Crippen molar-refractivity contribution >= 4 is 22.7 Å². The van der Waals surface area contributed by atoms with Crippen molar-refractivity contribution in [1.29, 1.82) is 0 Å². The number of nitrogens with zero attached hydrogens (tertiary/aromatic N) is 2. The maximum Gasteiger partial charge on any atom is 0.0411 e. The average Bonchev–Trinajstić information content (AvgIpc) is 2.99. The van der Waals surface area contributed by atoms with Crippen molar-refractivity contribution in [2.24, 2.45) is 0 Å². The maximum atomic E-state index is 2.37. The molecule has 5 aromatic rings. The Hall–Kier alpha value is -4.30. The maximum absolute atomic E-state index is 2.37. The van der Waals surface area contributed by atoms with Gasteiger partial charge >= 0.3 is 0 Å². The number of benzene rings is 5. The van der Waals surface area contributed by atoms with Crippen LogP contribution in [-0.4, -0.2) is 14.1 Å². The molecule has 0 atom stereocenters. The molecule has 186 valence electrons. The van der Waals surface area contributed by atoms with Crippen molar-refractivity contribution in [2.75, 3.05) is 23.9 Å². The second-order valence-corrected chi connectivity index (χ2v) is 10.6. The summed E-state index contributed by atoms with van der Waals surface area (Å²) in [6.45, 7) is 0. The van der Waals surface area contributed by atoms with E-state index in [2.05, 4.69) is 133 Å². The van der Waals surface area contributed by atoms with Gasteiger partial charge in [-0.05, 0) is 119 Å². The predicted octanol–water partition coefficient (Wildman–Crippen LogP) is 8.75. The highest BCUT2D eigenvalue weighted by atomic mass is 15.1. The van der Waals surface area contributed by atoms with Gasteiger partial charge in [-0.25, -0.2) is 0 Å². The Bertz CT molecular complexity index is 1520. The molecule has 5 aromatic carbocycles. The van der Waals surface area contributed by atoms with E-state index in [9.17, 15) is 0 Å². The average molecular weight is 493 g/mol. The highest BCUT2D eigenvalue weighted by molar-refractivity contribution is 5.79. The number of aryl methyl sites for hydroxylation is 4. The van der Waals surface area contributed by atoms with Crippen LogP contribution in [-0.2, 0) is 25.7 Å². The molecule has 7 rings (SSSR count). The van der Waals surface area contributed by atoms with E-state index in [4.69, 9.17) is 0 Å². The molecule has 0 aliphatic heterocycles. The van der Waals surface area contributed by atoms with Gasteiger partial charge in [0.1, 0.15) is 0 Å². The third-order valence-electron chi connectivity index (χ3n) is 8.52. The van der Waals surface area contributed by atoms with Crippen LogP contribution in [0.2, 0.25) is 0 Å². The van der Waals surface area contributed by atoms with Gasteiger partial charge in [-0.1, -0.05) is 60.7 Å². The van der Waals surface area contributed by atoms with Gasteiger partial charge in [-0.2, -0.15) is 0 Å². The lowest BCUT2D eigenvalue weighted by molar-refractivity contribution is 0.940. The van der Waals surface area contributed by atoms with Crippen LogP contribution in [0.25, 0.3) is 22.3 Å². The molecule has 2 aliphatic carbocycles. The molecule has 0 N–H and O–H groups in total. The summed E-state index contributed by atoms with van der Waals surface area (Å²) in [4.78, 5) is 4.59. The summed E-state index contributed by atoms with van der Waals surface area (Å²) in [6.07, 6.45) is 4.44. The minimum atomic E-state index is 1.10. The zero-order valence-electron chi connectivity index (χ0n) is 22.1. The molecule has 0 heterocycles. The zero-order chi connectivity index (χ0) is 25.6. The van der Waals surface area contributed by atoms with E-state index in [1.165, 1.54) is 67.3 Å².